The van der Waals surface area contributed by atoms with Gasteiger partial charge in [0.25, 0.3) is 5.91 Å². The van der Waals surface area contributed by atoms with Gasteiger partial charge >= 0.3 is 0 Å². The Morgan fingerprint density at radius 1 is 1.10 bits per heavy atom. The van der Waals surface area contributed by atoms with Gasteiger partial charge in [-0.25, -0.2) is 13.1 Å². The number of nitrogens with one attached hydrogen (secondary N) is 3. The number of amides is 1. The summed E-state index contributed by atoms with van der Waals surface area (Å²) in [7, 11) is -3.63. The number of hydrogen-bond acceptors (Lipinski definition) is 5. The molecule has 2 rings (SSSR count). The summed E-state index contributed by atoms with van der Waals surface area (Å²) in [6, 6.07) is 12.6. The maximum Gasteiger partial charge on any atom is 0.255 e. The standard InChI is InChI=1S/C21H26N4O3S/c1-4-12-23-19-11-6-16(14-22)13-20(19)24-21(26)17-7-9-18(10-8-17)29(27,28)25-15(3)5-2/h6-11,13,15,23,25H,4-5,12H2,1-3H3,(H,24,26)/t15-/m0/s1. The first-order valence-corrected chi connectivity index (χ1v) is 11.0. The summed E-state index contributed by atoms with van der Waals surface area (Å²) in [5.74, 6) is -0.390. The summed E-state index contributed by atoms with van der Waals surface area (Å²) in [6.07, 6.45) is 1.59. The predicted octanol–water partition coefficient (Wildman–Crippen LogP) is 3.71. The zero-order valence-electron chi connectivity index (χ0n) is 16.8. The molecular formula is C21H26N4O3S. The molecule has 29 heavy (non-hydrogen) atoms. The SMILES string of the molecule is CCCNc1ccc(C#N)cc1NC(=O)c1ccc(S(=O)(=O)N[C@@H](C)CC)cc1. The third-order valence-corrected chi connectivity index (χ3v) is 5.96. The van der Waals surface area contributed by atoms with Crippen molar-refractivity contribution in [2.24, 2.45) is 0 Å². The fourth-order valence-corrected chi connectivity index (χ4v) is 3.85. The van der Waals surface area contributed by atoms with Crippen LogP contribution in [-0.4, -0.2) is 26.9 Å². The molecule has 0 heterocycles. The van der Waals surface area contributed by atoms with E-state index in [1.807, 2.05) is 13.8 Å². The third kappa shape index (κ3) is 6.04. The van der Waals surface area contributed by atoms with Crippen LogP contribution in [0.1, 0.15) is 49.5 Å². The monoisotopic (exact) mass is 414 g/mol. The zero-order valence-corrected chi connectivity index (χ0v) is 17.6. The fraction of sp³-hybridized carbons (Fsp3) is 0.333. The largest absolute Gasteiger partial charge is 0.383 e. The van der Waals surface area contributed by atoms with Gasteiger partial charge in [0.2, 0.25) is 10.0 Å². The second kappa shape index (κ2) is 10.0. The molecule has 0 fully saturated rings. The Morgan fingerprint density at radius 3 is 2.38 bits per heavy atom. The molecule has 0 unspecified atom stereocenters. The van der Waals surface area contributed by atoms with Crippen molar-refractivity contribution in [1.29, 1.82) is 5.26 Å². The Bertz CT molecular complexity index is 996. The van der Waals surface area contributed by atoms with Gasteiger partial charge < -0.3 is 10.6 Å². The Hall–Kier alpha value is -2.89. The molecule has 2 aromatic carbocycles. The highest BCUT2D eigenvalue weighted by molar-refractivity contribution is 7.89. The van der Waals surface area contributed by atoms with Crippen LogP contribution in [0.2, 0.25) is 0 Å². The molecule has 0 saturated heterocycles. The molecular weight excluding hydrogens is 388 g/mol. The molecule has 0 bridgehead atoms. The lowest BCUT2D eigenvalue weighted by atomic mass is 10.1. The maximum absolute atomic E-state index is 12.6. The highest BCUT2D eigenvalue weighted by atomic mass is 32.2. The first-order valence-electron chi connectivity index (χ1n) is 9.52. The van der Waals surface area contributed by atoms with Crippen LogP contribution in [0.15, 0.2) is 47.4 Å². The number of hydrogen-bond donors (Lipinski definition) is 3. The minimum Gasteiger partial charge on any atom is -0.383 e. The number of carbonyl (C=O) groups excluding carboxylic acids is 1. The Kier molecular flexibility index (Phi) is 7.76. The van der Waals surface area contributed by atoms with E-state index in [1.54, 1.807) is 25.1 Å². The van der Waals surface area contributed by atoms with Crippen LogP contribution < -0.4 is 15.4 Å². The first-order chi connectivity index (χ1) is 13.8. The molecule has 8 heteroatoms. The van der Waals surface area contributed by atoms with E-state index in [9.17, 15) is 13.2 Å². The van der Waals surface area contributed by atoms with Gasteiger partial charge in [0, 0.05) is 18.2 Å². The summed E-state index contributed by atoms with van der Waals surface area (Å²) in [5, 5.41) is 15.1. The molecule has 1 amide bonds. The van der Waals surface area contributed by atoms with E-state index in [2.05, 4.69) is 21.4 Å². The van der Waals surface area contributed by atoms with Crippen molar-refractivity contribution in [2.75, 3.05) is 17.2 Å². The third-order valence-electron chi connectivity index (χ3n) is 4.36. The van der Waals surface area contributed by atoms with Crippen LogP contribution in [-0.2, 0) is 10.0 Å². The van der Waals surface area contributed by atoms with Crippen LogP contribution in [0.25, 0.3) is 0 Å². The van der Waals surface area contributed by atoms with E-state index in [4.69, 9.17) is 5.26 Å². The lowest BCUT2D eigenvalue weighted by Crippen LogP contribution is -2.32. The number of benzene rings is 2. The summed E-state index contributed by atoms with van der Waals surface area (Å²) < 4.78 is 27.3. The topological polar surface area (TPSA) is 111 Å². The van der Waals surface area contributed by atoms with Gasteiger partial charge in [-0.05, 0) is 62.2 Å². The van der Waals surface area contributed by atoms with E-state index in [-0.39, 0.29) is 10.9 Å². The van der Waals surface area contributed by atoms with Gasteiger partial charge in [0.05, 0.1) is 27.9 Å². The molecule has 0 radical (unpaired) electrons. The minimum absolute atomic E-state index is 0.103. The van der Waals surface area contributed by atoms with Crippen LogP contribution in [0.3, 0.4) is 0 Å². The summed E-state index contributed by atoms with van der Waals surface area (Å²) in [5.41, 5.74) is 1.96. The maximum atomic E-state index is 12.6. The quantitative estimate of drug-likeness (QED) is 0.579. The molecule has 0 aliphatic rings. The van der Waals surface area contributed by atoms with Crippen LogP contribution in [0.4, 0.5) is 11.4 Å². The lowest BCUT2D eigenvalue weighted by molar-refractivity contribution is 0.102. The summed E-state index contributed by atoms with van der Waals surface area (Å²) in [6.45, 7) is 6.44. The van der Waals surface area contributed by atoms with Crippen LogP contribution >= 0.6 is 0 Å². The van der Waals surface area contributed by atoms with Crippen LogP contribution in [0, 0.1) is 11.3 Å². The smallest absolute Gasteiger partial charge is 0.255 e. The molecule has 7 nitrogen and oxygen atoms in total. The second-order valence-corrected chi connectivity index (χ2v) is 8.42. The number of nitrogens with zero attached hydrogens (tertiary/aromatic N) is 1. The normalized spacial score (nSPS) is 12.1. The Balaban J connectivity index is 2.21. The summed E-state index contributed by atoms with van der Waals surface area (Å²) in [4.78, 5) is 12.7. The first kappa shape index (κ1) is 22.4. The van der Waals surface area contributed by atoms with Gasteiger partial charge in [0.15, 0.2) is 0 Å². The zero-order chi connectivity index (χ0) is 21.4. The lowest BCUT2D eigenvalue weighted by Gasteiger charge is -2.14. The fourth-order valence-electron chi connectivity index (χ4n) is 2.53. The van der Waals surface area contributed by atoms with Gasteiger partial charge in [0.1, 0.15) is 0 Å². The predicted molar refractivity (Wildman–Crippen MR) is 114 cm³/mol. The highest BCUT2D eigenvalue weighted by Crippen LogP contribution is 2.24. The Morgan fingerprint density at radius 2 is 1.79 bits per heavy atom. The molecule has 154 valence electrons. The molecule has 0 aliphatic carbocycles. The number of sulfonamides is 1. The minimum atomic E-state index is -3.63. The van der Waals surface area contributed by atoms with Gasteiger partial charge in [-0.1, -0.05) is 13.8 Å². The second-order valence-electron chi connectivity index (χ2n) is 6.71. The van der Waals surface area contributed by atoms with E-state index < -0.39 is 15.9 Å². The molecule has 0 aliphatic heterocycles. The molecule has 0 saturated carbocycles. The van der Waals surface area contributed by atoms with E-state index in [0.29, 0.717) is 23.2 Å². The van der Waals surface area contributed by atoms with E-state index in [0.717, 1.165) is 18.7 Å². The molecule has 3 N–H and O–H groups in total. The van der Waals surface area contributed by atoms with Crippen molar-refractivity contribution in [3.05, 3.63) is 53.6 Å². The van der Waals surface area contributed by atoms with Crippen molar-refractivity contribution in [3.8, 4) is 6.07 Å². The molecule has 1 atom stereocenters. The van der Waals surface area contributed by atoms with Crippen molar-refractivity contribution in [3.63, 3.8) is 0 Å². The van der Waals surface area contributed by atoms with Crippen LogP contribution in [0.5, 0.6) is 0 Å². The van der Waals surface area contributed by atoms with Crippen molar-refractivity contribution >= 4 is 27.3 Å². The average molecular weight is 415 g/mol. The number of anilines is 2. The summed E-state index contributed by atoms with van der Waals surface area (Å²) >= 11 is 0. The number of rotatable bonds is 9. The van der Waals surface area contributed by atoms with Gasteiger partial charge in [-0.3, -0.25) is 4.79 Å². The van der Waals surface area contributed by atoms with Crippen molar-refractivity contribution in [2.45, 2.75) is 44.6 Å². The van der Waals surface area contributed by atoms with E-state index >= 15 is 0 Å². The number of carbonyl (C=O) groups is 1. The molecule has 0 aromatic heterocycles. The van der Waals surface area contributed by atoms with Gasteiger partial charge in [-0.2, -0.15) is 5.26 Å². The van der Waals surface area contributed by atoms with Gasteiger partial charge in [-0.15, -0.1) is 0 Å². The van der Waals surface area contributed by atoms with Crippen molar-refractivity contribution in [1.82, 2.24) is 4.72 Å². The number of nitriles is 1. The van der Waals surface area contributed by atoms with Crippen molar-refractivity contribution < 1.29 is 13.2 Å². The molecule has 2 aromatic rings. The Labute approximate surface area is 172 Å². The van der Waals surface area contributed by atoms with E-state index in [1.165, 1.54) is 24.3 Å². The molecule has 0 spiro atoms. The highest BCUT2D eigenvalue weighted by Gasteiger charge is 2.17. The average Bonchev–Trinajstić information content (AvgIpc) is 2.72.